The molecule has 0 saturated carbocycles. The van der Waals surface area contributed by atoms with E-state index in [4.69, 9.17) is 0 Å². The second kappa shape index (κ2) is 4.10. The first-order valence-electron chi connectivity index (χ1n) is 3.89. The molecule has 12 heavy (non-hydrogen) atoms. The van der Waals surface area contributed by atoms with Crippen molar-refractivity contribution in [1.29, 1.82) is 0 Å². The van der Waals surface area contributed by atoms with Crippen LogP contribution in [0, 0.1) is 0 Å². The molecule has 3 heteroatoms. The van der Waals surface area contributed by atoms with Gasteiger partial charge in [-0.2, -0.15) is 0 Å². The van der Waals surface area contributed by atoms with E-state index < -0.39 is 0 Å². The second-order valence-electron chi connectivity index (χ2n) is 3.04. The van der Waals surface area contributed by atoms with Crippen LogP contribution in [0.2, 0.25) is 0 Å². The van der Waals surface area contributed by atoms with Crippen LogP contribution >= 0.6 is 25.6 Å². The third-order valence-corrected chi connectivity index (χ3v) is 2.25. The summed E-state index contributed by atoms with van der Waals surface area (Å²) < 4.78 is 1.50. The lowest BCUT2D eigenvalue weighted by atomic mass is 10.0. The minimum atomic E-state index is 0.576. The Kier molecular flexibility index (Phi) is 3.35. The van der Waals surface area contributed by atoms with Gasteiger partial charge in [-0.25, -0.2) is 0 Å². The minimum absolute atomic E-state index is 0.576. The lowest BCUT2D eigenvalue weighted by Crippen LogP contribution is -1.93. The maximum absolute atomic E-state index is 4.07. The highest BCUT2D eigenvalue weighted by atomic mass is 32.2. The Morgan fingerprint density at radius 2 is 1.58 bits per heavy atom. The van der Waals surface area contributed by atoms with E-state index in [-0.39, 0.29) is 0 Å². The predicted molar refractivity (Wildman–Crippen MR) is 61.0 cm³/mol. The maximum Gasteiger partial charge on any atom is 0.0588 e. The second-order valence-corrected chi connectivity index (χ2v) is 4.15. The lowest BCUT2D eigenvalue weighted by molar-refractivity contribution is 0.867. The van der Waals surface area contributed by atoms with E-state index >= 15 is 0 Å². The molecule has 0 bridgehead atoms. The van der Waals surface area contributed by atoms with Crippen molar-refractivity contribution in [3.8, 4) is 0 Å². The van der Waals surface area contributed by atoms with Gasteiger partial charge in [0, 0.05) is 0 Å². The molecule has 0 fully saturated rings. The van der Waals surface area contributed by atoms with Gasteiger partial charge in [0.05, 0.1) is 5.69 Å². The molecule has 0 spiro atoms. The smallest absolute Gasteiger partial charge is 0.0588 e. The van der Waals surface area contributed by atoms with E-state index in [1.807, 2.05) is 12.1 Å². The summed E-state index contributed by atoms with van der Waals surface area (Å²) in [6.07, 6.45) is 0. The summed E-state index contributed by atoms with van der Waals surface area (Å²) in [7, 11) is 0. The zero-order valence-corrected chi connectivity index (χ0v) is 9.02. The molecule has 0 aliphatic carbocycles. The van der Waals surface area contributed by atoms with Crippen molar-refractivity contribution in [2.75, 3.05) is 3.71 Å². The van der Waals surface area contributed by atoms with Crippen molar-refractivity contribution in [2.24, 2.45) is 0 Å². The fraction of sp³-hybridized carbons (Fsp3) is 0.333. The van der Waals surface area contributed by atoms with Crippen LogP contribution in [0.3, 0.4) is 0 Å². The van der Waals surface area contributed by atoms with Crippen LogP contribution in [0.1, 0.15) is 25.3 Å². The van der Waals surface area contributed by atoms with Gasteiger partial charge in [-0.05, 0) is 23.6 Å². The summed E-state index contributed by atoms with van der Waals surface area (Å²) in [5, 5.41) is 0. The Morgan fingerprint density at radius 1 is 1.08 bits per heavy atom. The Bertz CT molecular complexity index is 214. The molecule has 0 radical (unpaired) electrons. The highest BCUT2D eigenvalue weighted by Crippen LogP contribution is 2.21. The summed E-state index contributed by atoms with van der Waals surface area (Å²) >= 11 is 8.14. The monoisotopic (exact) mass is 199 g/mol. The van der Waals surface area contributed by atoms with Gasteiger partial charge in [0.1, 0.15) is 0 Å². The van der Waals surface area contributed by atoms with Crippen LogP contribution in [0.25, 0.3) is 0 Å². The molecule has 1 nitrogen and oxygen atoms in total. The molecule has 66 valence electrons. The summed E-state index contributed by atoms with van der Waals surface area (Å²) in [5.41, 5.74) is 2.33. The Morgan fingerprint density at radius 3 is 1.92 bits per heavy atom. The molecule has 0 heterocycles. The summed E-state index contributed by atoms with van der Waals surface area (Å²) in [6.45, 7) is 4.35. The van der Waals surface area contributed by atoms with Gasteiger partial charge in [-0.15, -0.1) is 0 Å². The Balaban J connectivity index is 2.86. The molecule has 1 aromatic carbocycles. The van der Waals surface area contributed by atoms with Crippen LogP contribution in [-0.4, -0.2) is 0 Å². The number of nitrogens with zero attached hydrogens (tertiary/aromatic N) is 1. The van der Waals surface area contributed by atoms with Gasteiger partial charge in [0.15, 0.2) is 0 Å². The first kappa shape index (κ1) is 9.81. The molecule has 1 aromatic rings. The quantitative estimate of drug-likeness (QED) is 0.691. The van der Waals surface area contributed by atoms with Gasteiger partial charge >= 0.3 is 0 Å². The van der Waals surface area contributed by atoms with Crippen LogP contribution < -0.4 is 3.71 Å². The van der Waals surface area contributed by atoms with E-state index in [0.29, 0.717) is 5.92 Å². The molecule has 0 aliphatic heterocycles. The van der Waals surface area contributed by atoms with Crippen LogP contribution in [0.4, 0.5) is 5.69 Å². The highest BCUT2D eigenvalue weighted by Gasteiger charge is 1.99. The molecule has 0 aromatic heterocycles. The summed E-state index contributed by atoms with van der Waals surface area (Å²) in [4.78, 5) is 0. The van der Waals surface area contributed by atoms with Crippen LogP contribution in [-0.2, 0) is 0 Å². The zero-order valence-electron chi connectivity index (χ0n) is 7.23. The summed E-state index contributed by atoms with van der Waals surface area (Å²) in [6, 6.07) is 8.21. The minimum Gasteiger partial charge on any atom is -0.265 e. The van der Waals surface area contributed by atoms with Crippen molar-refractivity contribution >= 4 is 31.3 Å². The third kappa shape index (κ3) is 2.35. The van der Waals surface area contributed by atoms with Crippen molar-refractivity contribution in [2.45, 2.75) is 19.8 Å². The van der Waals surface area contributed by atoms with E-state index in [1.165, 1.54) is 9.27 Å². The van der Waals surface area contributed by atoms with Crippen LogP contribution in [0.5, 0.6) is 0 Å². The van der Waals surface area contributed by atoms with Crippen molar-refractivity contribution in [3.63, 3.8) is 0 Å². The van der Waals surface area contributed by atoms with E-state index in [2.05, 4.69) is 51.6 Å². The van der Waals surface area contributed by atoms with Gasteiger partial charge in [-0.1, -0.05) is 51.6 Å². The molecule has 0 N–H and O–H groups in total. The lowest BCUT2D eigenvalue weighted by Gasteiger charge is -2.10. The maximum atomic E-state index is 4.07. The van der Waals surface area contributed by atoms with Crippen molar-refractivity contribution in [1.82, 2.24) is 0 Å². The molecule has 0 saturated heterocycles. The van der Waals surface area contributed by atoms with E-state index in [0.717, 1.165) is 5.69 Å². The normalized spacial score (nSPS) is 10.4. The SMILES string of the molecule is CC(C)c1ccc(N(S)S)cc1. The number of thiol groups is 2. The Hall–Kier alpha value is -0.280. The van der Waals surface area contributed by atoms with Gasteiger partial charge < -0.3 is 0 Å². The van der Waals surface area contributed by atoms with E-state index in [9.17, 15) is 0 Å². The van der Waals surface area contributed by atoms with Gasteiger partial charge in [-0.3, -0.25) is 3.71 Å². The van der Waals surface area contributed by atoms with Crippen LogP contribution in [0.15, 0.2) is 24.3 Å². The predicted octanol–water partition coefficient (Wildman–Crippen LogP) is 3.31. The molecule has 0 amide bonds. The molecular formula is C9H13NS2. The number of rotatable bonds is 2. The first-order valence-corrected chi connectivity index (χ1v) is 4.69. The Labute approximate surface area is 84.9 Å². The molecule has 0 atom stereocenters. The fourth-order valence-electron chi connectivity index (χ4n) is 0.993. The van der Waals surface area contributed by atoms with Crippen molar-refractivity contribution in [3.05, 3.63) is 29.8 Å². The molecule has 0 aliphatic rings. The number of anilines is 1. The standard InChI is InChI=1S/C9H13NS2/c1-7(2)8-3-5-9(6-4-8)10(11)12/h3-7,11-12H,1-2H3. The molecule has 1 rings (SSSR count). The van der Waals surface area contributed by atoms with Crippen molar-refractivity contribution < 1.29 is 0 Å². The number of hydrogen-bond acceptors (Lipinski definition) is 3. The average molecular weight is 199 g/mol. The fourth-order valence-corrected chi connectivity index (χ4v) is 1.26. The topological polar surface area (TPSA) is 3.24 Å². The highest BCUT2D eigenvalue weighted by molar-refractivity contribution is 8.00. The summed E-state index contributed by atoms with van der Waals surface area (Å²) in [5.74, 6) is 0.576. The first-order chi connectivity index (χ1) is 5.61. The third-order valence-electron chi connectivity index (χ3n) is 1.79. The molecular weight excluding hydrogens is 186 g/mol. The number of benzene rings is 1. The van der Waals surface area contributed by atoms with Gasteiger partial charge in [0.25, 0.3) is 0 Å². The van der Waals surface area contributed by atoms with E-state index in [1.54, 1.807) is 0 Å². The zero-order chi connectivity index (χ0) is 9.14. The largest absolute Gasteiger partial charge is 0.265 e. The average Bonchev–Trinajstić information content (AvgIpc) is 2.04. The molecule has 0 unspecified atom stereocenters. The van der Waals surface area contributed by atoms with Gasteiger partial charge in [0.2, 0.25) is 0 Å². The number of hydrogen-bond donors (Lipinski definition) is 2.